The minimum absolute atomic E-state index is 0.00919. The molecule has 1 saturated heterocycles. The molecule has 4 heterocycles. The molecule has 1 fully saturated rings. The van der Waals surface area contributed by atoms with Crippen molar-refractivity contribution in [3.8, 4) is 11.4 Å². The SMILES string of the molecule is CC(=O)c1nc(Sc2ccnc(-c3cnccn3)c2Cl)c(N)nc1N1CCC2(CC1)Cc1ccccc1[C@H]2N. The third kappa shape index (κ3) is 4.62. The van der Waals surface area contributed by atoms with Crippen molar-refractivity contribution in [2.45, 2.75) is 42.1 Å². The van der Waals surface area contributed by atoms with Gasteiger partial charge in [-0.05, 0) is 41.9 Å². The Morgan fingerprint density at radius 3 is 2.62 bits per heavy atom. The minimum atomic E-state index is -0.175. The molecule has 9 nitrogen and oxygen atoms in total. The second-order valence-corrected chi connectivity index (χ2v) is 11.4. The zero-order valence-corrected chi connectivity index (χ0v) is 22.9. The fourth-order valence-corrected chi connectivity index (χ4v) is 6.77. The van der Waals surface area contributed by atoms with E-state index in [0.717, 1.165) is 32.4 Å². The van der Waals surface area contributed by atoms with Crippen molar-refractivity contribution in [3.05, 3.63) is 77.0 Å². The number of fused-ring (bicyclic) bond motifs is 1. The third-order valence-electron chi connectivity index (χ3n) is 7.72. The Labute approximate surface area is 235 Å². The van der Waals surface area contributed by atoms with Crippen molar-refractivity contribution >= 4 is 40.8 Å². The predicted octanol–water partition coefficient (Wildman–Crippen LogP) is 4.76. The molecule has 0 unspecified atom stereocenters. The zero-order chi connectivity index (χ0) is 27.1. The second-order valence-electron chi connectivity index (χ2n) is 10.0. The molecule has 1 spiro atoms. The number of Topliss-reactive ketones (excluding diaryl/α,β-unsaturated/α-hetero) is 1. The number of ketones is 1. The van der Waals surface area contributed by atoms with Gasteiger partial charge in [0.2, 0.25) is 0 Å². The van der Waals surface area contributed by atoms with Crippen LogP contribution in [0.3, 0.4) is 0 Å². The van der Waals surface area contributed by atoms with Crippen LogP contribution in [0.2, 0.25) is 5.02 Å². The normalized spacial score (nSPS) is 17.8. The molecule has 0 amide bonds. The van der Waals surface area contributed by atoms with Crippen molar-refractivity contribution < 1.29 is 4.79 Å². The van der Waals surface area contributed by atoms with E-state index in [1.807, 2.05) is 0 Å². The highest BCUT2D eigenvalue weighted by molar-refractivity contribution is 7.99. The molecule has 4 N–H and O–H groups in total. The Morgan fingerprint density at radius 2 is 1.90 bits per heavy atom. The van der Waals surface area contributed by atoms with Crippen LogP contribution in [0.1, 0.15) is 47.4 Å². The summed E-state index contributed by atoms with van der Waals surface area (Å²) in [4.78, 5) is 37.6. The van der Waals surface area contributed by atoms with Gasteiger partial charge in [-0.2, -0.15) is 0 Å². The molecule has 4 aromatic rings. The lowest BCUT2D eigenvalue weighted by Gasteiger charge is -2.42. The van der Waals surface area contributed by atoms with E-state index in [2.05, 4.69) is 54.1 Å². The summed E-state index contributed by atoms with van der Waals surface area (Å²) in [5, 5.41) is 0.803. The lowest BCUT2D eigenvalue weighted by atomic mass is 9.73. The van der Waals surface area contributed by atoms with Gasteiger partial charge in [-0.15, -0.1) is 0 Å². The Balaban J connectivity index is 1.26. The summed E-state index contributed by atoms with van der Waals surface area (Å²) in [6.07, 6.45) is 9.17. The molecule has 3 aromatic heterocycles. The maximum atomic E-state index is 12.7. The van der Waals surface area contributed by atoms with Crippen LogP contribution in [0.15, 0.2) is 65.0 Å². The van der Waals surface area contributed by atoms with Crippen molar-refractivity contribution in [2.24, 2.45) is 11.1 Å². The highest BCUT2D eigenvalue weighted by atomic mass is 35.5. The van der Waals surface area contributed by atoms with Gasteiger partial charge in [0.15, 0.2) is 17.4 Å². The van der Waals surface area contributed by atoms with Gasteiger partial charge in [-0.1, -0.05) is 47.6 Å². The molecule has 0 radical (unpaired) electrons. The van der Waals surface area contributed by atoms with Gasteiger partial charge in [-0.25, -0.2) is 9.97 Å². The summed E-state index contributed by atoms with van der Waals surface area (Å²) in [7, 11) is 0. The molecule has 2 aliphatic rings. The monoisotopic (exact) mass is 558 g/mol. The van der Waals surface area contributed by atoms with Gasteiger partial charge in [0.05, 0.1) is 11.2 Å². The minimum Gasteiger partial charge on any atom is -0.381 e. The fourth-order valence-electron chi connectivity index (χ4n) is 5.63. The quantitative estimate of drug-likeness (QED) is 0.330. The largest absolute Gasteiger partial charge is 0.381 e. The van der Waals surface area contributed by atoms with E-state index in [1.165, 1.54) is 29.8 Å². The average molecular weight is 559 g/mol. The van der Waals surface area contributed by atoms with Crippen LogP contribution < -0.4 is 16.4 Å². The Morgan fingerprint density at radius 1 is 1.10 bits per heavy atom. The number of rotatable bonds is 5. The zero-order valence-electron chi connectivity index (χ0n) is 21.3. The Hall–Kier alpha value is -3.60. The molecular formula is C28H27ClN8OS. The van der Waals surface area contributed by atoms with Gasteiger partial charge in [0.25, 0.3) is 0 Å². The summed E-state index contributed by atoms with van der Waals surface area (Å²) in [5.74, 6) is 0.578. The van der Waals surface area contributed by atoms with Crippen LogP contribution >= 0.6 is 23.4 Å². The van der Waals surface area contributed by atoms with Crippen LogP contribution in [-0.4, -0.2) is 43.8 Å². The number of anilines is 2. The molecule has 198 valence electrons. The number of carbonyl (C=O) groups is 1. The first-order chi connectivity index (χ1) is 18.9. The number of piperidine rings is 1. The van der Waals surface area contributed by atoms with E-state index in [4.69, 9.17) is 23.1 Å². The molecular weight excluding hydrogens is 532 g/mol. The molecule has 1 aliphatic carbocycles. The highest BCUT2D eigenvalue weighted by Gasteiger charge is 2.46. The van der Waals surface area contributed by atoms with E-state index in [-0.39, 0.29) is 23.1 Å². The summed E-state index contributed by atoms with van der Waals surface area (Å²) in [6.45, 7) is 2.94. The molecule has 6 rings (SSSR count). The number of nitrogens with zero attached hydrogens (tertiary/aromatic N) is 6. The lowest BCUT2D eigenvalue weighted by Crippen LogP contribution is -2.45. The highest BCUT2D eigenvalue weighted by Crippen LogP contribution is 2.51. The van der Waals surface area contributed by atoms with Gasteiger partial charge in [0, 0.05) is 49.5 Å². The molecule has 1 atom stereocenters. The first kappa shape index (κ1) is 25.7. The van der Waals surface area contributed by atoms with Crippen molar-refractivity contribution in [2.75, 3.05) is 23.7 Å². The first-order valence-corrected chi connectivity index (χ1v) is 13.9. The Kier molecular flexibility index (Phi) is 6.70. The van der Waals surface area contributed by atoms with E-state index in [9.17, 15) is 4.79 Å². The van der Waals surface area contributed by atoms with E-state index < -0.39 is 0 Å². The molecule has 1 aliphatic heterocycles. The number of hydrogen-bond donors (Lipinski definition) is 2. The number of nitrogen functional groups attached to an aromatic ring is 1. The maximum absolute atomic E-state index is 12.7. The van der Waals surface area contributed by atoms with Gasteiger partial charge >= 0.3 is 0 Å². The van der Waals surface area contributed by atoms with E-state index >= 15 is 0 Å². The number of benzene rings is 1. The standard InChI is InChI=1S/C28H27ClN8OS/c1-16(38)22-26(37-12-7-28(8-13-37)14-17-4-2-3-5-18(17)24(28)30)36-25(31)27(35-22)39-20-6-9-34-23(21(20)29)19-15-32-10-11-33-19/h2-6,9-11,15,24H,7-8,12-14,30H2,1H3,(H2,31,36)/t24-/m1/s1. The number of halogens is 1. The van der Waals surface area contributed by atoms with Gasteiger partial charge in [0.1, 0.15) is 22.1 Å². The fraction of sp³-hybridized carbons (Fsp3) is 0.286. The summed E-state index contributed by atoms with van der Waals surface area (Å²) >= 11 is 7.92. The smallest absolute Gasteiger partial charge is 0.181 e. The number of pyridine rings is 1. The maximum Gasteiger partial charge on any atom is 0.181 e. The summed E-state index contributed by atoms with van der Waals surface area (Å²) in [6, 6.07) is 10.2. The summed E-state index contributed by atoms with van der Waals surface area (Å²) in [5.41, 5.74) is 17.1. The van der Waals surface area contributed by atoms with Crippen molar-refractivity contribution in [1.82, 2.24) is 24.9 Å². The van der Waals surface area contributed by atoms with Gasteiger partial charge < -0.3 is 16.4 Å². The van der Waals surface area contributed by atoms with Crippen molar-refractivity contribution in [1.29, 1.82) is 0 Å². The number of carbonyl (C=O) groups excluding carboxylic acids is 1. The Bertz CT molecular complexity index is 1560. The molecule has 39 heavy (non-hydrogen) atoms. The van der Waals surface area contributed by atoms with E-state index in [1.54, 1.807) is 30.9 Å². The molecule has 1 aromatic carbocycles. The molecule has 0 bridgehead atoms. The topological polar surface area (TPSA) is 137 Å². The van der Waals surface area contributed by atoms with Crippen LogP contribution in [-0.2, 0) is 6.42 Å². The van der Waals surface area contributed by atoms with Crippen LogP contribution in [0.5, 0.6) is 0 Å². The number of hydrogen-bond acceptors (Lipinski definition) is 10. The second kappa shape index (κ2) is 10.2. The van der Waals surface area contributed by atoms with Crippen LogP contribution in [0.25, 0.3) is 11.4 Å². The number of nitrogens with two attached hydrogens (primary N) is 2. The third-order valence-corrected chi connectivity index (χ3v) is 9.27. The molecule has 0 saturated carbocycles. The first-order valence-electron chi connectivity index (χ1n) is 12.7. The van der Waals surface area contributed by atoms with Crippen LogP contribution in [0, 0.1) is 5.41 Å². The van der Waals surface area contributed by atoms with Gasteiger partial charge in [-0.3, -0.25) is 19.7 Å². The van der Waals surface area contributed by atoms with Crippen molar-refractivity contribution in [3.63, 3.8) is 0 Å². The van der Waals surface area contributed by atoms with E-state index in [0.29, 0.717) is 37.8 Å². The summed E-state index contributed by atoms with van der Waals surface area (Å²) < 4.78 is 0. The molecule has 11 heteroatoms. The predicted molar refractivity (Wildman–Crippen MR) is 152 cm³/mol. The van der Waals surface area contributed by atoms with Crippen LogP contribution in [0.4, 0.5) is 11.6 Å². The average Bonchev–Trinajstić information content (AvgIpc) is 3.22. The number of aromatic nitrogens is 5. The lowest BCUT2D eigenvalue weighted by molar-refractivity contribution is 0.101.